The molecule has 1 unspecified atom stereocenters. The van der Waals surface area contributed by atoms with E-state index in [1.807, 2.05) is 6.07 Å². The molecule has 4 nitrogen and oxygen atoms in total. The van der Waals surface area contributed by atoms with Gasteiger partial charge in [-0.1, -0.05) is 0 Å². The molecule has 0 saturated carbocycles. The molecule has 0 spiro atoms. The zero-order valence-electron chi connectivity index (χ0n) is 8.16. The van der Waals surface area contributed by atoms with Crippen molar-refractivity contribution in [3.8, 4) is 6.07 Å². The van der Waals surface area contributed by atoms with E-state index in [0.29, 0.717) is 18.7 Å². The smallest absolute Gasteiger partial charge is 0.211 e. The van der Waals surface area contributed by atoms with Crippen molar-refractivity contribution in [2.45, 2.75) is 32.2 Å². The molecule has 0 aliphatic rings. The minimum absolute atomic E-state index is 0.0789. The molecular formula is C8H15ClN2O2S. The summed E-state index contributed by atoms with van der Waals surface area (Å²) in [5, 5.41) is 8.35. The Labute approximate surface area is 90.3 Å². The summed E-state index contributed by atoms with van der Waals surface area (Å²) in [6, 6.07) is 1.59. The van der Waals surface area contributed by atoms with Gasteiger partial charge in [0.25, 0.3) is 0 Å². The molecule has 0 fully saturated rings. The normalized spacial score (nSPS) is 13.5. The number of hydrogen-bond donors (Lipinski definition) is 1. The van der Waals surface area contributed by atoms with Crippen LogP contribution < -0.4 is 4.72 Å². The Balaban J connectivity index is 3.90. The van der Waals surface area contributed by atoms with E-state index in [0.717, 1.165) is 0 Å². The maximum Gasteiger partial charge on any atom is 0.211 e. The van der Waals surface area contributed by atoms with Crippen LogP contribution in [-0.4, -0.2) is 26.1 Å². The molecule has 0 saturated heterocycles. The topological polar surface area (TPSA) is 70.0 Å². The molecule has 0 bridgehead atoms. The van der Waals surface area contributed by atoms with Crippen LogP contribution in [0.5, 0.6) is 0 Å². The SMILES string of the molecule is CC(CC#N)NS(=O)(=O)CCCCCl. The molecule has 0 aromatic carbocycles. The Morgan fingerprint density at radius 1 is 1.50 bits per heavy atom. The largest absolute Gasteiger partial charge is 0.212 e. The number of rotatable bonds is 7. The van der Waals surface area contributed by atoms with Gasteiger partial charge in [-0.3, -0.25) is 0 Å². The van der Waals surface area contributed by atoms with Crippen LogP contribution in [0.25, 0.3) is 0 Å². The van der Waals surface area contributed by atoms with E-state index in [2.05, 4.69) is 4.72 Å². The fourth-order valence-electron chi connectivity index (χ4n) is 0.931. The zero-order valence-corrected chi connectivity index (χ0v) is 9.74. The number of nitrogens with one attached hydrogen (secondary N) is 1. The van der Waals surface area contributed by atoms with Crippen molar-refractivity contribution in [2.24, 2.45) is 0 Å². The monoisotopic (exact) mass is 238 g/mol. The van der Waals surface area contributed by atoms with Crippen LogP contribution in [0.1, 0.15) is 26.2 Å². The van der Waals surface area contributed by atoms with Crippen LogP contribution in [-0.2, 0) is 10.0 Å². The lowest BCUT2D eigenvalue weighted by Crippen LogP contribution is -2.34. The lowest BCUT2D eigenvalue weighted by atomic mass is 10.3. The molecule has 0 heterocycles. The quantitative estimate of drug-likeness (QED) is 0.536. The molecule has 0 aliphatic carbocycles. The van der Waals surface area contributed by atoms with Crippen LogP contribution >= 0.6 is 11.6 Å². The number of nitriles is 1. The van der Waals surface area contributed by atoms with Gasteiger partial charge in [0.05, 0.1) is 18.2 Å². The summed E-state index contributed by atoms with van der Waals surface area (Å²) in [6.45, 7) is 1.67. The zero-order chi connectivity index (χ0) is 11.0. The number of hydrogen-bond acceptors (Lipinski definition) is 3. The van der Waals surface area contributed by atoms with Crippen molar-refractivity contribution in [2.75, 3.05) is 11.6 Å². The van der Waals surface area contributed by atoms with E-state index in [1.54, 1.807) is 6.92 Å². The Bertz CT molecular complexity index is 284. The molecule has 0 radical (unpaired) electrons. The summed E-state index contributed by atoms with van der Waals surface area (Å²) in [5.41, 5.74) is 0. The van der Waals surface area contributed by atoms with Gasteiger partial charge in [-0.15, -0.1) is 11.6 Å². The fourth-order valence-corrected chi connectivity index (χ4v) is 2.52. The second-order valence-electron chi connectivity index (χ2n) is 3.10. The van der Waals surface area contributed by atoms with Crippen LogP contribution in [0.3, 0.4) is 0 Å². The Kier molecular flexibility index (Phi) is 6.89. The second-order valence-corrected chi connectivity index (χ2v) is 5.35. The molecule has 14 heavy (non-hydrogen) atoms. The standard InChI is InChI=1S/C8H15ClN2O2S/c1-8(4-6-10)11-14(12,13)7-3-2-5-9/h8,11H,2-5,7H2,1H3. The predicted molar refractivity (Wildman–Crippen MR) is 56.6 cm³/mol. The van der Waals surface area contributed by atoms with Crippen molar-refractivity contribution >= 4 is 21.6 Å². The average molecular weight is 239 g/mol. The van der Waals surface area contributed by atoms with E-state index >= 15 is 0 Å². The highest BCUT2D eigenvalue weighted by molar-refractivity contribution is 7.89. The predicted octanol–water partition coefficient (Wildman–Crippen LogP) is 1.23. The van der Waals surface area contributed by atoms with Gasteiger partial charge < -0.3 is 0 Å². The lowest BCUT2D eigenvalue weighted by molar-refractivity contribution is 0.560. The highest BCUT2D eigenvalue weighted by Crippen LogP contribution is 1.99. The van der Waals surface area contributed by atoms with E-state index in [9.17, 15) is 8.42 Å². The first kappa shape index (κ1) is 13.7. The summed E-state index contributed by atoms with van der Waals surface area (Å²) in [5.74, 6) is 0.554. The first-order chi connectivity index (χ1) is 6.52. The van der Waals surface area contributed by atoms with Gasteiger partial charge in [0.1, 0.15) is 0 Å². The van der Waals surface area contributed by atoms with Gasteiger partial charge in [-0.2, -0.15) is 5.26 Å². The summed E-state index contributed by atoms with van der Waals surface area (Å²) in [4.78, 5) is 0. The molecule has 0 rings (SSSR count). The highest BCUT2D eigenvalue weighted by Gasteiger charge is 2.13. The molecule has 82 valence electrons. The Morgan fingerprint density at radius 3 is 2.64 bits per heavy atom. The minimum Gasteiger partial charge on any atom is -0.212 e. The van der Waals surface area contributed by atoms with Crippen molar-refractivity contribution in [1.29, 1.82) is 5.26 Å². The molecular weight excluding hydrogens is 224 g/mol. The van der Waals surface area contributed by atoms with Crippen LogP contribution in [0.15, 0.2) is 0 Å². The third-order valence-corrected chi connectivity index (χ3v) is 3.43. The van der Waals surface area contributed by atoms with Gasteiger partial charge in [0.2, 0.25) is 10.0 Å². The first-order valence-electron chi connectivity index (χ1n) is 4.44. The van der Waals surface area contributed by atoms with Gasteiger partial charge in [-0.25, -0.2) is 13.1 Å². The summed E-state index contributed by atoms with van der Waals surface area (Å²) in [7, 11) is -3.24. The number of unbranched alkanes of at least 4 members (excludes halogenated alkanes) is 1. The summed E-state index contributed by atoms with van der Waals surface area (Å²) in [6.07, 6.45) is 1.43. The highest BCUT2D eigenvalue weighted by atomic mass is 35.5. The van der Waals surface area contributed by atoms with Crippen molar-refractivity contribution < 1.29 is 8.42 Å². The molecule has 6 heteroatoms. The van der Waals surface area contributed by atoms with E-state index in [-0.39, 0.29) is 18.2 Å². The van der Waals surface area contributed by atoms with Crippen molar-refractivity contribution in [1.82, 2.24) is 4.72 Å². The van der Waals surface area contributed by atoms with Gasteiger partial charge in [-0.05, 0) is 19.8 Å². The van der Waals surface area contributed by atoms with E-state index in [4.69, 9.17) is 16.9 Å². The van der Waals surface area contributed by atoms with Crippen LogP contribution in [0.2, 0.25) is 0 Å². The third-order valence-electron chi connectivity index (χ3n) is 1.57. The number of halogens is 1. The summed E-state index contributed by atoms with van der Waals surface area (Å²) < 4.78 is 25.1. The maximum absolute atomic E-state index is 11.3. The van der Waals surface area contributed by atoms with Gasteiger partial charge in [0.15, 0.2) is 0 Å². The van der Waals surface area contributed by atoms with Crippen LogP contribution in [0.4, 0.5) is 0 Å². The van der Waals surface area contributed by atoms with Crippen LogP contribution in [0, 0.1) is 11.3 Å². The third kappa shape index (κ3) is 7.13. The molecule has 1 N–H and O–H groups in total. The van der Waals surface area contributed by atoms with E-state index < -0.39 is 10.0 Å². The minimum atomic E-state index is -3.24. The number of sulfonamides is 1. The number of alkyl halides is 1. The van der Waals surface area contributed by atoms with Gasteiger partial charge >= 0.3 is 0 Å². The van der Waals surface area contributed by atoms with E-state index in [1.165, 1.54) is 0 Å². The Morgan fingerprint density at radius 2 is 2.14 bits per heavy atom. The molecule has 0 amide bonds. The Hall–Kier alpha value is -0.310. The molecule has 0 aromatic rings. The fraction of sp³-hybridized carbons (Fsp3) is 0.875. The summed E-state index contributed by atoms with van der Waals surface area (Å²) >= 11 is 5.43. The maximum atomic E-state index is 11.3. The van der Waals surface area contributed by atoms with Crippen molar-refractivity contribution in [3.05, 3.63) is 0 Å². The molecule has 1 atom stereocenters. The second kappa shape index (κ2) is 7.04. The lowest BCUT2D eigenvalue weighted by Gasteiger charge is -2.10. The molecule has 0 aromatic heterocycles. The average Bonchev–Trinajstić information content (AvgIpc) is 2.03. The van der Waals surface area contributed by atoms with Crippen molar-refractivity contribution in [3.63, 3.8) is 0 Å². The first-order valence-corrected chi connectivity index (χ1v) is 6.63. The van der Waals surface area contributed by atoms with Gasteiger partial charge in [0, 0.05) is 11.9 Å². The number of nitrogens with zero attached hydrogens (tertiary/aromatic N) is 1. The molecule has 0 aliphatic heterocycles.